The van der Waals surface area contributed by atoms with Gasteiger partial charge in [-0.15, -0.1) is 0 Å². The number of hydrogen-bond acceptors (Lipinski definition) is 4. The van der Waals surface area contributed by atoms with Gasteiger partial charge in [0.25, 0.3) is 0 Å². The Bertz CT molecular complexity index is 760. The smallest absolute Gasteiger partial charge is 0.191 e. The first kappa shape index (κ1) is 20.6. The van der Waals surface area contributed by atoms with Crippen LogP contribution in [-0.4, -0.2) is 46.2 Å². The highest BCUT2D eigenvalue weighted by Gasteiger charge is 2.07. The lowest BCUT2D eigenvalue weighted by Crippen LogP contribution is -2.36. The summed E-state index contributed by atoms with van der Waals surface area (Å²) in [6.45, 7) is 2.27. The van der Waals surface area contributed by atoms with Crippen LogP contribution in [0.3, 0.4) is 0 Å². The molecule has 0 amide bonds. The average Bonchev–Trinajstić information content (AvgIpc) is 2.68. The average molecular weight is 370 g/mol. The summed E-state index contributed by atoms with van der Waals surface area (Å²) < 4.78 is 10.6. The summed E-state index contributed by atoms with van der Waals surface area (Å²) in [5.74, 6) is 2.20. The van der Waals surface area contributed by atoms with Crippen molar-refractivity contribution >= 4 is 5.96 Å². The van der Waals surface area contributed by atoms with Crippen molar-refractivity contribution < 1.29 is 9.47 Å². The van der Waals surface area contributed by atoms with Gasteiger partial charge >= 0.3 is 0 Å². The first-order valence-electron chi connectivity index (χ1n) is 8.94. The number of nitrogens with one attached hydrogen (secondary N) is 2. The van der Waals surface area contributed by atoms with Crippen molar-refractivity contribution in [2.45, 2.75) is 19.6 Å². The Kier molecular flexibility index (Phi) is 7.95. The van der Waals surface area contributed by atoms with Crippen molar-refractivity contribution in [2.75, 3.05) is 35.4 Å². The van der Waals surface area contributed by atoms with Crippen LogP contribution in [0.4, 0.5) is 0 Å². The van der Waals surface area contributed by atoms with Crippen LogP contribution in [-0.2, 0) is 19.6 Å². The Morgan fingerprint density at radius 1 is 0.926 bits per heavy atom. The van der Waals surface area contributed by atoms with Crippen molar-refractivity contribution in [3.8, 4) is 11.5 Å². The van der Waals surface area contributed by atoms with E-state index in [0.29, 0.717) is 6.54 Å². The highest BCUT2D eigenvalue weighted by atomic mass is 16.5. The molecule has 0 aliphatic heterocycles. The van der Waals surface area contributed by atoms with Gasteiger partial charge in [-0.3, -0.25) is 4.99 Å². The second-order valence-corrected chi connectivity index (χ2v) is 6.48. The molecule has 0 saturated carbocycles. The molecule has 146 valence electrons. The highest BCUT2D eigenvalue weighted by Crippen LogP contribution is 2.27. The molecule has 0 spiro atoms. The molecule has 0 heterocycles. The van der Waals surface area contributed by atoms with Crippen molar-refractivity contribution in [2.24, 2.45) is 4.99 Å². The third-order valence-electron chi connectivity index (χ3n) is 4.18. The van der Waals surface area contributed by atoms with Crippen molar-refractivity contribution in [3.63, 3.8) is 0 Å². The van der Waals surface area contributed by atoms with Crippen LogP contribution in [0, 0.1) is 0 Å². The van der Waals surface area contributed by atoms with E-state index in [0.717, 1.165) is 36.1 Å². The fourth-order valence-electron chi connectivity index (χ4n) is 2.80. The normalized spacial score (nSPS) is 11.4. The number of methoxy groups -OCH3 is 2. The Hall–Kier alpha value is -2.73. The topological polar surface area (TPSA) is 58.1 Å². The first-order valence-corrected chi connectivity index (χ1v) is 8.94. The lowest BCUT2D eigenvalue weighted by atomic mass is 10.1. The molecule has 6 nitrogen and oxygen atoms in total. The number of hydrogen-bond donors (Lipinski definition) is 2. The monoisotopic (exact) mass is 370 g/mol. The molecule has 0 aliphatic carbocycles. The summed E-state index contributed by atoms with van der Waals surface area (Å²) in [5, 5.41) is 6.72. The summed E-state index contributed by atoms with van der Waals surface area (Å²) in [6.07, 6.45) is 0. The van der Waals surface area contributed by atoms with E-state index in [-0.39, 0.29) is 0 Å². The molecule has 0 radical (unpaired) electrons. The zero-order valence-corrected chi connectivity index (χ0v) is 16.9. The van der Waals surface area contributed by atoms with Gasteiger partial charge in [-0.25, -0.2) is 0 Å². The number of guanidine groups is 1. The van der Waals surface area contributed by atoms with Crippen molar-refractivity contribution in [1.82, 2.24) is 15.5 Å². The predicted molar refractivity (Wildman–Crippen MR) is 110 cm³/mol. The van der Waals surface area contributed by atoms with Gasteiger partial charge in [0.15, 0.2) is 17.5 Å². The number of aliphatic imine (C=N–C) groups is 1. The quantitative estimate of drug-likeness (QED) is 0.553. The summed E-state index contributed by atoms with van der Waals surface area (Å²) >= 11 is 0. The predicted octanol–water partition coefficient (Wildman–Crippen LogP) is 2.63. The Morgan fingerprint density at radius 2 is 1.59 bits per heavy atom. The summed E-state index contributed by atoms with van der Waals surface area (Å²) in [6, 6.07) is 14.3. The van der Waals surface area contributed by atoms with Crippen LogP contribution >= 0.6 is 0 Å². The fourth-order valence-corrected chi connectivity index (χ4v) is 2.80. The maximum Gasteiger partial charge on any atom is 0.191 e. The van der Waals surface area contributed by atoms with Gasteiger partial charge in [-0.2, -0.15) is 0 Å². The maximum absolute atomic E-state index is 5.36. The fraction of sp³-hybridized carbons (Fsp3) is 0.381. The van der Waals surface area contributed by atoms with Crippen LogP contribution in [0.1, 0.15) is 16.7 Å². The molecule has 0 unspecified atom stereocenters. The number of ether oxygens (including phenoxy) is 2. The van der Waals surface area contributed by atoms with Gasteiger partial charge in [0, 0.05) is 26.7 Å². The highest BCUT2D eigenvalue weighted by molar-refractivity contribution is 5.79. The van der Waals surface area contributed by atoms with Crippen molar-refractivity contribution in [3.05, 3.63) is 59.2 Å². The van der Waals surface area contributed by atoms with E-state index < -0.39 is 0 Å². The standard InChI is InChI=1S/C21H30N4O2/c1-22-21(23-13-16-10-11-19(26-4)20(12-16)27-5)24-14-17-8-6-7-9-18(17)15-25(2)3/h6-12H,13-15H2,1-5H3,(H2,22,23,24). The first-order chi connectivity index (χ1) is 13.1. The van der Waals surface area contributed by atoms with Crippen LogP contribution in [0.2, 0.25) is 0 Å². The van der Waals surface area contributed by atoms with Crippen LogP contribution < -0.4 is 20.1 Å². The zero-order chi connectivity index (χ0) is 19.6. The number of nitrogens with zero attached hydrogens (tertiary/aromatic N) is 2. The van der Waals surface area contributed by atoms with Crippen LogP contribution in [0.15, 0.2) is 47.5 Å². The van der Waals surface area contributed by atoms with Crippen molar-refractivity contribution in [1.29, 1.82) is 0 Å². The summed E-state index contributed by atoms with van der Waals surface area (Å²) in [5.41, 5.74) is 3.66. The third-order valence-corrected chi connectivity index (χ3v) is 4.18. The lowest BCUT2D eigenvalue weighted by molar-refractivity contribution is 0.354. The Morgan fingerprint density at radius 3 is 2.22 bits per heavy atom. The van der Waals surface area contributed by atoms with E-state index in [4.69, 9.17) is 9.47 Å². The molecule has 0 fully saturated rings. The molecule has 0 bridgehead atoms. The van der Waals surface area contributed by atoms with Gasteiger partial charge in [0.2, 0.25) is 0 Å². The van der Waals surface area contributed by atoms with E-state index in [1.807, 2.05) is 18.2 Å². The molecule has 2 aromatic carbocycles. The maximum atomic E-state index is 5.36. The second-order valence-electron chi connectivity index (χ2n) is 6.48. The van der Waals surface area contributed by atoms with Gasteiger partial charge in [0.1, 0.15) is 0 Å². The van der Waals surface area contributed by atoms with Crippen LogP contribution in [0.5, 0.6) is 11.5 Å². The van der Waals surface area contributed by atoms with Gasteiger partial charge in [0.05, 0.1) is 14.2 Å². The minimum atomic E-state index is 0.638. The second kappa shape index (κ2) is 10.4. The molecule has 0 saturated heterocycles. The van der Waals surface area contributed by atoms with Gasteiger partial charge in [-0.05, 0) is 42.9 Å². The number of rotatable bonds is 8. The summed E-state index contributed by atoms with van der Waals surface area (Å²) in [7, 11) is 9.20. The molecule has 2 aromatic rings. The van der Waals surface area contributed by atoms with Gasteiger partial charge in [-0.1, -0.05) is 30.3 Å². The van der Waals surface area contributed by atoms with Crippen LogP contribution in [0.25, 0.3) is 0 Å². The van der Waals surface area contributed by atoms with E-state index in [1.165, 1.54) is 11.1 Å². The SMILES string of the molecule is CN=C(NCc1ccc(OC)c(OC)c1)NCc1ccccc1CN(C)C. The molecule has 2 N–H and O–H groups in total. The lowest BCUT2D eigenvalue weighted by Gasteiger charge is -2.17. The summed E-state index contributed by atoms with van der Waals surface area (Å²) in [4.78, 5) is 6.48. The van der Waals surface area contributed by atoms with E-state index in [2.05, 4.69) is 58.9 Å². The molecular formula is C21H30N4O2. The molecule has 0 aliphatic rings. The van der Waals surface area contributed by atoms with E-state index in [9.17, 15) is 0 Å². The largest absolute Gasteiger partial charge is 0.493 e. The zero-order valence-electron chi connectivity index (χ0n) is 16.9. The third kappa shape index (κ3) is 6.18. The molecule has 2 rings (SSSR count). The molecular weight excluding hydrogens is 340 g/mol. The number of benzene rings is 2. The van der Waals surface area contributed by atoms with Gasteiger partial charge < -0.3 is 25.0 Å². The Labute approximate surface area is 162 Å². The molecule has 0 atom stereocenters. The Balaban J connectivity index is 1.95. The molecule has 6 heteroatoms. The van der Waals surface area contributed by atoms with E-state index in [1.54, 1.807) is 21.3 Å². The minimum Gasteiger partial charge on any atom is -0.493 e. The molecule has 0 aromatic heterocycles. The molecule has 27 heavy (non-hydrogen) atoms. The van der Waals surface area contributed by atoms with E-state index >= 15 is 0 Å². The minimum absolute atomic E-state index is 0.638.